The van der Waals surface area contributed by atoms with E-state index in [0.29, 0.717) is 37.8 Å². The fraction of sp³-hybridized carbons (Fsp3) is 0.385. The average molecular weight is 459 g/mol. The van der Waals surface area contributed by atoms with E-state index in [4.69, 9.17) is 4.74 Å². The highest BCUT2D eigenvalue weighted by Gasteiger charge is 2.23. The molecule has 176 valence electrons. The van der Waals surface area contributed by atoms with Crippen LogP contribution in [0, 0.1) is 0 Å². The van der Waals surface area contributed by atoms with Crippen molar-refractivity contribution in [2.45, 2.75) is 58.3 Å². The van der Waals surface area contributed by atoms with E-state index in [1.807, 2.05) is 54.1 Å². The molecule has 5 rings (SSSR count). The molecule has 4 aromatic rings. The lowest BCUT2D eigenvalue weighted by molar-refractivity contribution is 0.231. The molecular weight excluding hydrogens is 428 g/mol. The molecule has 8 heteroatoms. The molecule has 2 aromatic heterocycles. The quantitative estimate of drug-likeness (QED) is 0.404. The van der Waals surface area contributed by atoms with Gasteiger partial charge in [0, 0.05) is 29.6 Å². The molecule has 0 spiro atoms. The summed E-state index contributed by atoms with van der Waals surface area (Å²) in [4.78, 5) is 18.2. The van der Waals surface area contributed by atoms with E-state index in [1.165, 1.54) is 18.4 Å². The number of nitrogens with zero attached hydrogens (tertiary/aromatic N) is 5. The predicted molar refractivity (Wildman–Crippen MR) is 130 cm³/mol. The SMILES string of the molecule is CCOc1ccc2[nH]c(=O)c(CN(Cc3ccccc3)Cc3nnnn3C3CCCC3)cc2c1. The number of ether oxygens (including phenoxy) is 1. The normalized spacial score (nSPS) is 14.3. The Morgan fingerprint density at radius 1 is 1.06 bits per heavy atom. The van der Waals surface area contributed by atoms with Gasteiger partial charge in [-0.05, 0) is 60.0 Å². The van der Waals surface area contributed by atoms with Crippen molar-refractivity contribution in [3.8, 4) is 5.75 Å². The first-order chi connectivity index (χ1) is 16.7. The van der Waals surface area contributed by atoms with Crippen LogP contribution in [0.15, 0.2) is 59.4 Å². The van der Waals surface area contributed by atoms with Crippen molar-refractivity contribution < 1.29 is 4.74 Å². The first-order valence-electron chi connectivity index (χ1n) is 12.0. The highest BCUT2D eigenvalue weighted by molar-refractivity contribution is 5.80. The van der Waals surface area contributed by atoms with Gasteiger partial charge in [-0.25, -0.2) is 4.68 Å². The van der Waals surface area contributed by atoms with Crippen LogP contribution in [-0.4, -0.2) is 36.7 Å². The lowest BCUT2D eigenvalue weighted by Crippen LogP contribution is -2.28. The minimum absolute atomic E-state index is 0.0786. The van der Waals surface area contributed by atoms with Crippen molar-refractivity contribution in [1.29, 1.82) is 0 Å². The van der Waals surface area contributed by atoms with Gasteiger partial charge in [0.25, 0.3) is 5.56 Å². The van der Waals surface area contributed by atoms with Gasteiger partial charge in [-0.15, -0.1) is 5.10 Å². The molecule has 1 aliphatic carbocycles. The third kappa shape index (κ3) is 5.02. The molecule has 2 heterocycles. The Bertz CT molecular complexity index is 1290. The molecule has 0 atom stereocenters. The van der Waals surface area contributed by atoms with E-state index in [2.05, 4.69) is 37.5 Å². The molecule has 34 heavy (non-hydrogen) atoms. The van der Waals surface area contributed by atoms with Crippen molar-refractivity contribution in [1.82, 2.24) is 30.1 Å². The van der Waals surface area contributed by atoms with Gasteiger partial charge in [0.1, 0.15) is 5.75 Å². The second-order valence-corrected chi connectivity index (χ2v) is 8.91. The van der Waals surface area contributed by atoms with E-state index in [0.717, 1.165) is 35.3 Å². The second kappa shape index (κ2) is 10.2. The smallest absolute Gasteiger partial charge is 0.252 e. The zero-order valence-electron chi connectivity index (χ0n) is 19.5. The van der Waals surface area contributed by atoms with Crippen LogP contribution >= 0.6 is 0 Å². The topological polar surface area (TPSA) is 88.9 Å². The molecule has 0 bridgehead atoms. The molecule has 1 aliphatic rings. The Labute approximate surface area is 198 Å². The number of benzene rings is 2. The van der Waals surface area contributed by atoms with E-state index >= 15 is 0 Å². The standard InChI is InChI=1S/C26H30N6O2/c1-2-34-23-12-13-24-20(15-23)14-21(26(33)27-24)17-31(16-19-8-4-3-5-9-19)18-25-28-29-30-32(25)22-10-6-7-11-22/h3-5,8-9,12-15,22H,2,6-7,10-11,16-18H2,1H3,(H,27,33). The summed E-state index contributed by atoms with van der Waals surface area (Å²) in [5.41, 5.74) is 2.61. The number of H-pyrrole nitrogens is 1. The summed E-state index contributed by atoms with van der Waals surface area (Å²) >= 11 is 0. The third-order valence-corrected chi connectivity index (χ3v) is 6.44. The molecule has 1 N–H and O–H groups in total. The summed E-state index contributed by atoms with van der Waals surface area (Å²) < 4.78 is 7.64. The van der Waals surface area contributed by atoms with E-state index < -0.39 is 0 Å². The number of nitrogens with one attached hydrogen (secondary N) is 1. The van der Waals surface area contributed by atoms with Gasteiger partial charge in [-0.1, -0.05) is 43.2 Å². The van der Waals surface area contributed by atoms with Crippen LogP contribution in [-0.2, 0) is 19.6 Å². The lowest BCUT2D eigenvalue weighted by Gasteiger charge is -2.23. The highest BCUT2D eigenvalue weighted by atomic mass is 16.5. The Morgan fingerprint density at radius 2 is 1.88 bits per heavy atom. The number of tetrazole rings is 1. The summed E-state index contributed by atoms with van der Waals surface area (Å²) in [6, 6.07) is 18.4. The molecule has 1 fully saturated rings. The zero-order valence-corrected chi connectivity index (χ0v) is 19.5. The van der Waals surface area contributed by atoms with Crippen LogP contribution < -0.4 is 10.3 Å². The van der Waals surface area contributed by atoms with E-state index in [9.17, 15) is 4.79 Å². The first-order valence-corrected chi connectivity index (χ1v) is 12.0. The molecule has 2 aromatic carbocycles. The van der Waals surface area contributed by atoms with Gasteiger partial charge in [-0.3, -0.25) is 9.69 Å². The van der Waals surface area contributed by atoms with Crippen LogP contribution in [0.1, 0.15) is 55.6 Å². The first kappa shape index (κ1) is 22.3. The number of hydrogen-bond donors (Lipinski definition) is 1. The maximum absolute atomic E-state index is 13.0. The van der Waals surface area contributed by atoms with E-state index in [-0.39, 0.29) is 5.56 Å². The number of hydrogen-bond acceptors (Lipinski definition) is 6. The molecule has 0 aliphatic heterocycles. The lowest BCUT2D eigenvalue weighted by atomic mass is 10.1. The number of rotatable bonds is 9. The molecule has 0 unspecified atom stereocenters. The third-order valence-electron chi connectivity index (χ3n) is 6.44. The molecular formula is C26H30N6O2. The zero-order chi connectivity index (χ0) is 23.3. The van der Waals surface area contributed by atoms with Gasteiger partial charge in [-0.2, -0.15) is 0 Å². The van der Waals surface area contributed by atoms with Crippen molar-refractivity contribution in [2.24, 2.45) is 0 Å². The van der Waals surface area contributed by atoms with Crippen molar-refractivity contribution in [2.75, 3.05) is 6.61 Å². The highest BCUT2D eigenvalue weighted by Crippen LogP contribution is 2.29. The predicted octanol–water partition coefficient (Wildman–Crippen LogP) is 4.23. The summed E-state index contributed by atoms with van der Waals surface area (Å²) in [5.74, 6) is 1.64. The largest absolute Gasteiger partial charge is 0.494 e. The Morgan fingerprint density at radius 3 is 2.68 bits per heavy atom. The fourth-order valence-corrected chi connectivity index (χ4v) is 4.80. The van der Waals surface area contributed by atoms with Crippen molar-refractivity contribution in [3.05, 3.63) is 81.9 Å². The average Bonchev–Trinajstić information content (AvgIpc) is 3.53. The Kier molecular flexibility index (Phi) is 6.67. The van der Waals surface area contributed by atoms with Gasteiger partial charge >= 0.3 is 0 Å². The summed E-state index contributed by atoms with van der Waals surface area (Å²) in [6.45, 7) is 4.30. The number of pyridine rings is 1. The minimum Gasteiger partial charge on any atom is -0.494 e. The van der Waals surface area contributed by atoms with Crippen LogP contribution in [0.3, 0.4) is 0 Å². The van der Waals surface area contributed by atoms with Crippen molar-refractivity contribution in [3.63, 3.8) is 0 Å². The molecule has 0 radical (unpaired) electrons. The van der Waals surface area contributed by atoms with Gasteiger partial charge in [0.15, 0.2) is 5.82 Å². The van der Waals surface area contributed by atoms with Gasteiger partial charge in [0.05, 0.1) is 19.2 Å². The number of aromatic amines is 1. The molecule has 1 saturated carbocycles. The van der Waals surface area contributed by atoms with E-state index in [1.54, 1.807) is 0 Å². The maximum atomic E-state index is 13.0. The molecule has 0 amide bonds. The minimum atomic E-state index is -0.0786. The molecule has 8 nitrogen and oxygen atoms in total. The van der Waals surface area contributed by atoms with Crippen LogP contribution in [0.25, 0.3) is 10.9 Å². The van der Waals surface area contributed by atoms with Crippen molar-refractivity contribution >= 4 is 10.9 Å². The van der Waals surface area contributed by atoms with Crippen LogP contribution in [0.2, 0.25) is 0 Å². The molecule has 0 saturated heterocycles. The second-order valence-electron chi connectivity index (χ2n) is 8.91. The Balaban J connectivity index is 1.45. The monoisotopic (exact) mass is 458 g/mol. The summed E-state index contributed by atoms with van der Waals surface area (Å²) in [5, 5.41) is 13.6. The number of fused-ring (bicyclic) bond motifs is 1. The summed E-state index contributed by atoms with van der Waals surface area (Å²) in [7, 11) is 0. The van der Waals surface area contributed by atoms with Gasteiger partial charge in [0.2, 0.25) is 0 Å². The van der Waals surface area contributed by atoms with Gasteiger partial charge < -0.3 is 9.72 Å². The summed E-state index contributed by atoms with van der Waals surface area (Å²) in [6.07, 6.45) is 4.66. The fourth-order valence-electron chi connectivity index (χ4n) is 4.80. The van der Waals surface area contributed by atoms with Crippen LogP contribution in [0.5, 0.6) is 5.75 Å². The van der Waals surface area contributed by atoms with Crippen LogP contribution in [0.4, 0.5) is 0 Å². The maximum Gasteiger partial charge on any atom is 0.252 e. The number of aromatic nitrogens is 5. The Hall–Kier alpha value is -3.52.